The fourth-order valence-corrected chi connectivity index (χ4v) is 1.64. The Bertz CT molecular complexity index is 138. The third-order valence-electron chi connectivity index (χ3n) is 2.29. The zero-order valence-electron chi connectivity index (χ0n) is 7.86. The van der Waals surface area contributed by atoms with E-state index in [1.165, 1.54) is 0 Å². The van der Waals surface area contributed by atoms with Gasteiger partial charge in [0.15, 0.2) is 0 Å². The van der Waals surface area contributed by atoms with Crippen molar-refractivity contribution in [3.05, 3.63) is 0 Å². The van der Waals surface area contributed by atoms with E-state index >= 15 is 0 Å². The number of hydrogen-bond donors (Lipinski definition) is 2. The Hall–Kier alpha value is -0.120. The number of nitrogens with two attached hydrogens (primary N) is 1. The molecule has 0 heterocycles. The molecule has 1 fully saturated rings. The molecule has 3 heteroatoms. The summed E-state index contributed by atoms with van der Waals surface area (Å²) in [6.07, 6.45) is 2.63. The molecule has 0 radical (unpaired) electrons. The molecule has 0 spiro atoms. The first kappa shape index (κ1) is 9.96. The van der Waals surface area contributed by atoms with Gasteiger partial charge in [-0.05, 0) is 26.7 Å². The molecule has 12 heavy (non-hydrogen) atoms. The van der Waals surface area contributed by atoms with Crippen molar-refractivity contribution in [3.63, 3.8) is 0 Å². The van der Waals surface area contributed by atoms with E-state index < -0.39 is 0 Å². The Morgan fingerprint density at radius 3 is 2.58 bits per heavy atom. The van der Waals surface area contributed by atoms with Crippen molar-refractivity contribution in [3.8, 4) is 0 Å². The monoisotopic (exact) mass is 173 g/mol. The van der Waals surface area contributed by atoms with Gasteiger partial charge >= 0.3 is 0 Å². The molecule has 0 unspecified atom stereocenters. The number of aliphatic hydroxyl groups excluding tert-OH is 1. The van der Waals surface area contributed by atoms with Crippen LogP contribution in [0, 0.1) is 0 Å². The lowest BCUT2D eigenvalue weighted by atomic mass is 9.91. The van der Waals surface area contributed by atoms with E-state index in [1.54, 1.807) is 0 Å². The lowest BCUT2D eigenvalue weighted by Gasteiger charge is -2.31. The fraction of sp³-hybridized carbons (Fsp3) is 1.00. The molecule has 3 nitrogen and oxygen atoms in total. The number of hydrogen-bond acceptors (Lipinski definition) is 3. The maximum atomic E-state index is 9.46. The molecule has 0 aliphatic heterocycles. The van der Waals surface area contributed by atoms with E-state index in [0.29, 0.717) is 6.42 Å². The van der Waals surface area contributed by atoms with Crippen molar-refractivity contribution < 1.29 is 9.84 Å². The average molecular weight is 173 g/mol. The molecule has 1 rings (SSSR count). The molecule has 0 bridgehead atoms. The van der Waals surface area contributed by atoms with Crippen LogP contribution in [0.15, 0.2) is 0 Å². The standard InChI is InChI=1S/C9H19NO2/c1-6(2)12-7-3-4-8(10)9(11)5-7/h6-9,11H,3-5,10H2,1-2H3/t7-,8-,9-/m0/s1. The first-order valence-electron chi connectivity index (χ1n) is 4.68. The van der Waals surface area contributed by atoms with Crippen molar-refractivity contribution in [2.45, 2.75) is 57.5 Å². The molecular weight excluding hydrogens is 154 g/mol. The van der Waals surface area contributed by atoms with Gasteiger partial charge in [-0.3, -0.25) is 0 Å². The third kappa shape index (κ3) is 2.73. The van der Waals surface area contributed by atoms with E-state index in [1.807, 2.05) is 13.8 Å². The van der Waals surface area contributed by atoms with Crippen molar-refractivity contribution in [2.75, 3.05) is 0 Å². The number of ether oxygens (including phenoxy) is 1. The highest BCUT2D eigenvalue weighted by Crippen LogP contribution is 2.21. The quantitative estimate of drug-likeness (QED) is 0.644. The first-order chi connectivity index (χ1) is 5.59. The molecular formula is C9H19NO2. The van der Waals surface area contributed by atoms with Gasteiger partial charge in [-0.25, -0.2) is 0 Å². The summed E-state index contributed by atoms with van der Waals surface area (Å²) in [4.78, 5) is 0. The Morgan fingerprint density at radius 2 is 2.08 bits per heavy atom. The topological polar surface area (TPSA) is 55.5 Å². The first-order valence-corrected chi connectivity index (χ1v) is 4.68. The molecule has 0 aromatic heterocycles. The summed E-state index contributed by atoms with van der Waals surface area (Å²) in [5, 5.41) is 9.46. The predicted molar refractivity (Wildman–Crippen MR) is 47.8 cm³/mol. The highest BCUT2D eigenvalue weighted by Gasteiger charge is 2.27. The van der Waals surface area contributed by atoms with Crippen molar-refractivity contribution in [1.29, 1.82) is 0 Å². The number of aliphatic hydroxyl groups is 1. The van der Waals surface area contributed by atoms with Crippen LogP contribution >= 0.6 is 0 Å². The molecule has 0 aromatic rings. The molecule has 1 saturated carbocycles. The van der Waals surface area contributed by atoms with Gasteiger partial charge in [-0.2, -0.15) is 0 Å². The van der Waals surface area contributed by atoms with E-state index in [0.717, 1.165) is 12.8 Å². The Kier molecular flexibility index (Phi) is 3.50. The summed E-state index contributed by atoms with van der Waals surface area (Å²) in [6, 6.07) is -0.0444. The zero-order chi connectivity index (χ0) is 9.14. The Balaban J connectivity index is 2.30. The van der Waals surface area contributed by atoms with E-state index in [2.05, 4.69) is 0 Å². The van der Waals surface area contributed by atoms with Gasteiger partial charge in [0.25, 0.3) is 0 Å². The largest absolute Gasteiger partial charge is 0.391 e. The van der Waals surface area contributed by atoms with Crippen LogP contribution in [0.3, 0.4) is 0 Å². The fourth-order valence-electron chi connectivity index (χ4n) is 1.64. The van der Waals surface area contributed by atoms with Gasteiger partial charge < -0.3 is 15.6 Å². The summed E-state index contributed by atoms with van der Waals surface area (Å²) in [7, 11) is 0. The van der Waals surface area contributed by atoms with E-state index in [-0.39, 0.29) is 24.4 Å². The summed E-state index contributed by atoms with van der Waals surface area (Å²) in [5.74, 6) is 0. The van der Waals surface area contributed by atoms with Crippen molar-refractivity contribution >= 4 is 0 Å². The van der Waals surface area contributed by atoms with Crippen LogP contribution in [0.2, 0.25) is 0 Å². The molecule has 1 aliphatic carbocycles. The lowest BCUT2D eigenvalue weighted by Crippen LogP contribution is -2.43. The van der Waals surface area contributed by atoms with Crippen molar-refractivity contribution in [2.24, 2.45) is 5.73 Å². The van der Waals surface area contributed by atoms with Crippen molar-refractivity contribution in [1.82, 2.24) is 0 Å². The highest BCUT2D eigenvalue weighted by atomic mass is 16.5. The van der Waals surface area contributed by atoms with Gasteiger partial charge in [-0.15, -0.1) is 0 Å². The summed E-state index contributed by atoms with van der Waals surface area (Å²) < 4.78 is 5.59. The maximum absolute atomic E-state index is 9.46. The van der Waals surface area contributed by atoms with Gasteiger partial charge in [0.2, 0.25) is 0 Å². The smallest absolute Gasteiger partial charge is 0.0715 e. The minimum absolute atomic E-state index is 0.0444. The lowest BCUT2D eigenvalue weighted by molar-refractivity contribution is -0.0487. The van der Waals surface area contributed by atoms with Gasteiger partial charge in [0, 0.05) is 12.5 Å². The Morgan fingerprint density at radius 1 is 1.42 bits per heavy atom. The third-order valence-corrected chi connectivity index (χ3v) is 2.29. The summed E-state index contributed by atoms with van der Waals surface area (Å²) >= 11 is 0. The molecule has 0 aromatic carbocycles. The number of rotatable bonds is 2. The normalized spacial score (nSPS) is 37.2. The Labute approximate surface area is 73.9 Å². The highest BCUT2D eigenvalue weighted by molar-refractivity contribution is 4.82. The van der Waals surface area contributed by atoms with E-state index in [4.69, 9.17) is 10.5 Å². The van der Waals surface area contributed by atoms with Crippen LogP contribution in [0.1, 0.15) is 33.1 Å². The molecule has 1 aliphatic rings. The molecule has 0 amide bonds. The molecule has 3 atom stereocenters. The minimum atomic E-state index is -0.373. The SMILES string of the molecule is CC(C)O[C@H]1CC[C@H](N)[C@@H](O)C1. The van der Waals surface area contributed by atoms with Crippen LogP contribution in [0.4, 0.5) is 0 Å². The average Bonchev–Trinajstić information content (AvgIpc) is 1.96. The van der Waals surface area contributed by atoms with Gasteiger partial charge in [-0.1, -0.05) is 0 Å². The summed E-state index contributed by atoms with van der Waals surface area (Å²) in [6.45, 7) is 4.03. The van der Waals surface area contributed by atoms with Gasteiger partial charge in [0.05, 0.1) is 18.3 Å². The second kappa shape index (κ2) is 4.21. The predicted octanol–water partition coefficient (Wildman–Crippen LogP) is 0.652. The zero-order valence-corrected chi connectivity index (χ0v) is 7.86. The second-order valence-corrected chi connectivity index (χ2v) is 3.85. The molecule has 3 N–H and O–H groups in total. The van der Waals surface area contributed by atoms with Crippen LogP contribution in [0.5, 0.6) is 0 Å². The van der Waals surface area contributed by atoms with Crippen LogP contribution in [0.25, 0.3) is 0 Å². The van der Waals surface area contributed by atoms with Crippen LogP contribution in [-0.2, 0) is 4.74 Å². The maximum Gasteiger partial charge on any atom is 0.0715 e. The van der Waals surface area contributed by atoms with Crippen LogP contribution < -0.4 is 5.73 Å². The van der Waals surface area contributed by atoms with Crippen LogP contribution in [-0.4, -0.2) is 29.5 Å². The van der Waals surface area contributed by atoms with Gasteiger partial charge in [0.1, 0.15) is 0 Å². The second-order valence-electron chi connectivity index (χ2n) is 3.85. The molecule has 0 saturated heterocycles. The van der Waals surface area contributed by atoms with E-state index in [9.17, 15) is 5.11 Å². The molecule has 72 valence electrons. The summed E-state index contributed by atoms with van der Waals surface area (Å²) in [5.41, 5.74) is 5.67. The minimum Gasteiger partial charge on any atom is -0.391 e.